The first-order chi connectivity index (χ1) is 9.66. The molecule has 0 aromatic heterocycles. The SMILES string of the molecule is O=C1C[C@@H]([NH+]2CCCCC2)C(=O)N1c1cccc(Br)c1. The van der Waals surface area contributed by atoms with Crippen molar-refractivity contribution in [3.8, 4) is 0 Å². The normalized spacial score (nSPS) is 24.4. The smallest absolute Gasteiger partial charge is 0.292 e. The van der Waals surface area contributed by atoms with Crippen molar-refractivity contribution in [2.24, 2.45) is 0 Å². The third kappa shape index (κ3) is 2.52. The number of likely N-dealkylation sites (tertiary alicyclic amines) is 1. The lowest BCUT2D eigenvalue weighted by atomic mass is 10.1. The highest BCUT2D eigenvalue weighted by molar-refractivity contribution is 9.10. The third-order valence-corrected chi connectivity index (χ3v) is 4.69. The molecule has 1 atom stereocenters. The molecule has 1 N–H and O–H groups in total. The highest BCUT2D eigenvalue weighted by Crippen LogP contribution is 2.25. The van der Waals surface area contributed by atoms with Crippen LogP contribution in [-0.4, -0.2) is 30.9 Å². The predicted molar refractivity (Wildman–Crippen MR) is 79.6 cm³/mol. The largest absolute Gasteiger partial charge is 0.324 e. The molecule has 2 amide bonds. The number of carbonyl (C=O) groups excluding carboxylic acids is 2. The summed E-state index contributed by atoms with van der Waals surface area (Å²) in [6.45, 7) is 2.02. The summed E-state index contributed by atoms with van der Waals surface area (Å²) >= 11 is 3.39. The monoisotopic (exact) mass is 337 g/mol. The fraction of sp³-hybridized carbons (Fsp3) is 0.467. The number of halogens is 1. The van der Waals surface area contributed by atoms with Crippen LogP contribution in [0.4, 0.5) is 5.69 Å². The molecule has 2 fully saturated rings. The van der Waals surface area contributed by atoms with Gasteiger partial charge in [0.15, 0.2) is 6.04 Å². The molecule has 2 heterocycles. The minimum atomic E-state index is -0.179. The van der Waals surface area contributed by atoms with Gasteiger partial charge in [-0.3, -0.25) is 9.59 Å². The van der Waals surface area contributed by atoms with Gasteiger partial charge in [0.25, 0.3) is 5.91 Å². The topological polar surface area (TPSA) is 41.8 Å². The standard InChI is InChI=1S/C15H17BrN2O2/c16-11-5-4-6-12(9-11)18-14(19)10-13(15(18)20)17-7-2-1-3-8-17/h4-6,9,13H,1-3,7-8,10H2/p+1/t13-/m1/s1. The fourth-order valence-electron chi connectivity index (χ4n) is 3.19. The number of carbonyl (C=O) groups is 2. The molecule has 2 aliphatic heterocycles. The van der Waals surface area contributed by atoms with Crippen LogP contribution in [0.5, 0.6) is 0 Å². The van der Waals surface area contributed by atoms with Crippen LogP contribution in [0.15, 0.2) is 28.7 Å². The number of imide groups is 1. The predicted octanol–water partition coefficient (Wildman–Crippen LogP) is 1.15. The fourth-order valence-corrected chi connectivity index (χ4v) is 3.58. The molecular weight excluding hydrogens is 320 g/mol. The van der Waals surface area contributed by atoms with E-state index in [1.165, 1.54) is 16.2 Å². The van der Waals surface area contributed by atoms with E-state index in [2.05, 4.69) is 15.9 Å². The number of hydrogen-bond acceptors (Lipinski definition) is 2. The first kappa shape index (κ1) is 13.8. The molecule has 0 unspecified atom stereocenters. The molecule has 3 rings (SSSR count). The number of piperidine rings is 1. The van der Waals surface area contributed by atoms with E-state index in [1.807, 2.05) is 24.3 Å². The van der Waals surface area contributed by atoms with Gasteiger partial charge in [0.2, 0.25) is 5.91 Å². The van der Waals surface area contributed by atoms with Crippen molar-refractivity contribution in [3.05, 3.63) is 28.7 Å². The van der Waals surface area contributed by atoms with Gasteiger partial charge in [-0.05, 0) is 37.5 Å². The van der Waals surface area contributed by atoms with Gasteiger partial charge < -0.3 is 4.90 Å². The maximum atomic E-state index is 12.6. The van der Waals surface area contributed by atoms with Crippen molar-refractivity contribution >= 4 is 33.4 Å². The second-order valence-electron chi connectivity index (χ2n) is 5.52. The van der Waals surface area contributed by atoms with Crippen molar-refractivity contribution in [2.45, 2.75) is 31.7 Å². The summed E-state index contributed by atoms with van der Waals surface area (Å²) < 4.78 is 0.879. The Labute approximate surface area is 126 Å². The van der Waals surface area contributed by atoms with Crippen LogP contribution in [0.3, 0.4) is 0 Å². The number of hydrogen-bond donors (Lipinski definition) is 1. The highest BCUT2D eigenvalue weighted by atomic mass is 79.9. The van der Waals surface area contributed by atoms with E-state index in [-0.39, 0.29) is 17.9 Å². The summed E-state index contributed by atoms with van der Waals surface area (Å²) in [6.07, 6.45) is 3.91. The van der Waals surface area contributed by atoms with Crippen LogP contribution in [0.2, 0.25) is 0 Å². The molecule has 0 bridgehead atoms. The molecule has 0 aliphatic carbocycles. The second-order valence-corrected chi connectivity index (χ2v) is 6.44. The number of nitrogens with zero attached hydrogens (tertiary/aromatic N) is 1. The summed E-state index contributed by atoms with van der Waals surface area (Å²) in [5.41, 5.74) is 0.674. The first-order valence-electron chi connectivity index (χ1n) is 7.14. The number of rotatable bonds is 2. The molecule has 4 nitrogen and oxygen atoms in total. The van der Waals surface area contributed by atoms with Gasteiger partial charge in [-0.2, -0.15) is 0 Å². The summed E-state index contributed by atoms with van der Waals surface area (Å²) in [4.78, 5) is 27.5. The van der Waals surface area contributed by atoms with Crippen LogP contribution < -0.4 is 9.80 Å². The van der Waals surface area contributed by atoms with Crippen LogP contribution in [0.1, 0.15) is 25.7 Å². The van der Waals surface area contributed by atoms with Gasteiger partial charge in [-0.1, -0.05) is 22.0 Å². The van der Waals surface area contributed by atoms with E-state index in [1.54, 1.807) is 0 Å². The Balaban J connectivity index is 1.83. The van der Waals surface area contributed by atoms with E-state index in [0.717, 1.165) is 30.4 Å². The van der Waals surface area contributed by atoms with Crippen LogP contribution >= 0.6 is 15.9 Å². The van der Waals surface area contributed by atoms with Gasteiger partial charge >= 0.3 is 0 Å². The molecule has 2 aliphatic rings. The average Bonchev–Trinajstić information content (AvgIpc) is 2.75. The lowest BCUT2D eigenvalue weighted by Gasteiger charge is -2.27. The molecule has 1 aromatic carbocycles. The lowest BCUT2D eigenvalue weighted by Crippen LogP contribution is -3.17. The molecule has 20 heavy (non-hydrogen) atoms. The molecule has 106 valence electrons. The number of amides is 2. The quantitative estimate of drug-likeness (QED) is 0.822. The summed E-state index contributed by atoms with van der Waals surface area (Å²) in [7, 11) is 0. The van der Waals surface area contributed by atoms with Gasteiger partial charge in [-0.25, -0.2) is 4.90 Å². The van der Waals surface area contributed by atoms with Crippen molar-refractivity contribution < 1.29 is 14.5 Å². The van der Waals surface area contributed by atoms with E-state index in [0.29, 0.717) is 12.1 Å². The van der Waals surface area contributed by atoms with E-state index >= 15 is 0 Å². The Hall–Kier alpha value is -1.20. The Morgan fingerprint density at radius 2 is 1.90 bits per heavy atom. The van der Waals surface area contributed by atoms with E-state index in [4.69, 9.17) is 0 Å². The summed E-state index contributed by atoms with van der Waals surface area (Å²) in [6, 6.07) is 7.20. The number of quaternary nitrogens is 1. The minimum absolute atomic E-state index is 0.0370. The van der Waals surface area contributed by atoms with Gasteiger partial charge in [0, 0.05) is 4.47 Å². The van der Waals surface area contributed by atoms with Crippen LogP contribution in [0.25, 0.3) is 0 Å². The Kier molecular flexibility index (Phi) is 3.89. The van der Waals surface area contributed by atoms with Gasteiger partial charge in [0.1, 0.15) is 0 Å². The zero-order chi connectivity index (χ0) is 14.1. The first-order valence-corrected chi connectivity index (χ1v) is 7.93. The molecule has 0 spiro atoms. The lowest BCUT2D eigenvalue weighted by molar-refractivity contribution is -0.919. The maximum Gasteiger partial charge on any atom is 0.292 e. The van der Waals surface area contributed by atoms with Crippen molar-refractivity contribution in [1.29, 1.82) is 0 Å². The Bertz CT molecular complexity index is 540. The maximum absolute atomic E-state index is 12.6. The van der Waals surface area contributed by atoms with Crippen LogP contribution in [0, 0.1) is 0 Å². The van der Waals surface area contributed by atoms with Crippen LogP contribution in [-0.2, 0) is 9.59 Å². The molecule has 0 saturated carbocycles. The second kappa shape index (κ2) is 5.66. The number of anilines is 1. The third-order valence-electron chi connectivity index (χ3n) is 4.20. The molecule has 5 heteroatoms. The van der Waals surface area contributed by atoms with Gasteiger partial charge in [0.05, 0.1) is 25.2 Å². The molecule has 1 aromatic rings. The zero-order valence-electron chi connectivity index (χ0n) is 11.3. The Morgan fingerprint density at radius 1 is 1.15 bits per heavy atom. The van der Waals surface area contributed by atoms with E-state index in [9.17, 15) is 9.59 Å². The van der Waals surface area contributed by atoms with Gasteiger partial charge in [-0.15, -0.1) is 0 Å². The van der Waals surface area contributed by atoms with Crippen molar-refractivity contribution in [1.82, 2.24) is 0 Å². The van der Waals surface area contributed by atoms with Crippen molar-refractivity contribution in [2.75, 3.05) is 18.0 Å². The summed E-state index contributed by atoms with van der Waals surface area (Å²) in [5, 5.41) is 0. The molecular formula is C15H18BrN2O2+. The van der Waals surface area contributed by atoms with Crippen molar-refractivity contribution in [3.63, 3.8) is 0 Å². The molecule has 0 radical (unpaired) electrons. The average molecular weight is 338 g/mol. The number of nitrogens with one attached hydrogen (secondary N) is 1. The number of benzene rings is 1. The zero-order valence-corrected chi connectivity index (χ0v) is 12.9. The highest BCUT2D eigenvalue weighted by Gasteiger charge is 2.45. The minimum Gasteiger partial charge on any atom is -0.324 e. The van der Waals surface area contributed by atoms with E-state index < -0.39 is 0 Å². The molecule has 2 saturated heterocycles. The Morgan fingerprint density at radius 3 is 2.60 bits per heavy atom. The summed E-state index contributed by atoms with van der Waals surface area (Å²) in [5.74, 6) is -0.110.